The van der Waals surface area contributed by atoms with Crippen molar-refractivity contribution in [1.82, 2.24) is 9.97 Å². The van der Waals surface area contributed by atoms with E-state index in [1.807, 2.05) is 0 Å². The largest absolute Gasteiger partial charge is 0.345 e. The zero-order chi connectivity index (χ0) is 16.4. The fourth-order valence-electron chi connectivity index (χ4n) is 2.12. The van der Waals surface area contributed by atoms with Gasteiger partial charge in [-0.1, -0.05) is 17.7 Å². The van der Waals surface area contributed by atoms with Gasteiger partial charge in [-0.2, -0.15) is 0 Å². The second-order valence-corrected chi connectivity index (χ2v) is 5.36. The number of aromatic amines is 1. The van der Waals surface area contributed by atoms with Crippen molar-refractivity contribution in [2.24, 2.45) is 0 Å². The molecule has 1 aromatic heterocycles. The molecule has 2 aromatic carbocycles. The highest BCUT2D eigenvalue weighted by Crippen LogP contribution is 2.23. The third kappa shape index (κ3) is 3.17. The van der Waals surface area contributed by atoms with Crippen molar-refractivity contribution < 1.29 is 9.59 Å². The number of H-pyrrole nitrogens is 1. The maximum absolute atomic E-state index is 12.0. The van der Waals surface area contributed by atoms with Crippen LogP contribution in [0.4, 0.5) is 11.4 Å². The second kappa shape index (κ2) is 6.10. The number of hydrogen-bond acceptors (Lipinski definition) is 3. The summed E-state index contributed by atoms with van der Waals surface area (Å²) in [7, 11) is 0. The van der Waals surface area contributed by atoms with Crippen molar-refractivity contribution in [2.45, 2.75) is 6.92 Å². The number of carbonyl (C=O) groups is 2. The Kier molecular flexibility index (Phi) is 3.99. The molecule has 0 spiro atoms. The SMILES string of the molecule is Cc1c(Cl)cccc1NC(=O)C(=O)Nc1ccc2nc[nH]c2c1. The van der Waals surface area contributed by atoms with Gasteiger partial charge in [0.1, 0.15) is 0 Å². The molecule has 0 atom stereocenters. The van der Waals surface area contributed by atoms with Gasteiger partial charge in [0.25, 0.3) is 0 Å². The lowest BCUT2D eigenvalue weighted by molar-refractivity contribution is -0.133. The Bertz CT molecular complexity index is 904. The minimum absolute atomic E-state index is 0.502. The van der Waals surface area contributed by atoms with Gasteiger partial charge in [-0.25, -0.2) is 4.98 Å². The summed E-state index contributed by atoms with van der Waals surface area (Å²) in [6.45, 7) is 1.77. The van der Waals surface area contributed by atoms with Crippen molar-refractivity contribution in [3.8, 4) is 0 Å². The van der Waals surface area contributed by atoms with Gasteiger partial charge >= 0.3 is 11.8 Å². The molecule has 0 aliphatic heterocycles. The molecule has 0 radical (unpaired) electrons. The summed E-state index contributed by atoms with van der Waals surface area (Å²) in [4.78, 5) is 31.0. The average Bonchev–Trinajstić information content (AvgIpc) is 2.99. The van der Waals surface area contributed by atoms with E-state index in [9.17, 15) is 9.59 Å². The van der Waals surface area contributed by atoms with E-state index in [0.717, 1.165) is 11.0 Å². The molecule has 0 aliphatic rings. The van der Waals surface area contributed by atoms with Gasteiger partial charge in [-0.3, -0.25) is 9.59 Å². The summed E-state index contributed by atoms with van der Waals surface area (Å²) in [5.74, 6) is -1.52. The van der Waals surface area contributed by atoms with Gasteiger partial charge in [-0.15, -0.1) is 0 Å². The molecule has 0 unspecified atom stereocenters. The first-order valence-corrected chi connectivity index (χ1v) is 7.23. The first-order valence-electron chi connectivity index (χ1n) is 6.85. The Morgan fingerprint density at radius 3 is 2.74 bits per heavy atom. The highest BCUT2D eigenvalue weighted by atomic mass is 35.5. The van der Waals surface area contributed by atoms with Crippen molar-refractivity contribution in [3.05, 3.63) is 53.3 Å². The number of anilines is 2. The standard InChI is InChI=1S/C16H13ClN4O2/c1-9-11(17)3-2-4-12(9)21-16(23)15(22)20-10-5-6-13-14(7-10)19-8-18-13/h2-8H,1H3,(H,18,19)(H,20,22)(H,21,23). The number of nitrogens with zero attached hydrogens (tertiary/aromatic N) is 1. The molecular formula is C16H13ClN4O2. The number of imidazole rings is 1. The molecule has 0 fully saturated rings. The van der Waals surface area contributed by atoms with Crippen LogP contribution in [0.25, 0.3) is 11.0 Å². The molecule has 23 heavy (non-hydrogen) atoms. The zero-order valence-corrected chi connectivity index (χ0v) is 12.9. The van der Waals surface area contributed by atoms with Gasteiger partial charge < -0.3 is 15.6 Å². The molecule has 0 aliphatic carbocycles. The maximum Gasteiger partial charge on any atom is 0.314 e. The van der Waals surface area contributed by atoms with E-state index in [2.05, 4.69) is 20.6 Å². The lowest BCUT2D eigenvalue weighted by atomic mass is 10.2. The number of fused-ring (bicyclic) bond motifs is 1. The zero-order valence-electron chi connectivity index (χ0n) is 12.2. The lowest BCUT2D eigenvalue weighted by Gasteiger charge is -2.09. The highest BCUT2D eigenvalue weighted by Gasteiger charge is 2.15. The number of carbonyl (C=O) groups excluding carboxylic acids is 2. The Labute approximate surface area is 136 Å². The quantitative estimate of drug-likeness (QED) is 0.632. The number of halogens is 1. The normalized spacial score (nSPS) is 10.5. The Balaban J connectivity index is 1.72. The van der Waals surface area contributed by atoms with E-state index in [1.165, 1.54) is 0 Å². The van der Waals surface area contributed by atoms with Gasteiger partial charge in [-0.05, 0) is 42.8 Å². The van der Waals surface area contributed by atoms with E-state index >= 15 is 0 Å². The molecule has 116 valence electrons. The number of benzene rings is 2. The van der Waals surface area contributed by atoms with Crippen LogP contribution in [-0.4, -0.2) is 21.8 Å². The van der Waals surface area contributed by atoms with Crippen molar-refractivity contribution in [1.29, 1.82) is 0 Å². The van der Waals surface area contributed by atoms with Crippen LogP contribution in [0.15, 0.2) is 42.7 Å². The first kappa shape index (κ1) is 15.1. The maximum atomic E-state index is 12.0. The fourth-order valence-corrected chi connectivity index (χ4v) is 2.30. The second-order valence-electron chi connectivity index (χ2n) is 4.96. The van der Waals surface area contributed by atoms with Crippen LogP contribution < -0.4 is 10.6 Å². The third-order valence-corrected chi connectivity index (χ3v) is 3.81. The molecular weight excluding hydrogens is 316 g/mol. The van der Waals surface area contributed by atoms with Crippen LogP contribution in [-0.2, 0) is 9.59 Å². The Hall–Kier alpha value is -2.86. The first-order chi connectivity index (χ1) is 11.0. The van der Waals surface area contributed by atoms with Gasteiger partial charge in [0.15, 0.2) is 0 Å². The van der Waals surface area contributed by atoms with Crippen molar-refractivity contribution in [2.75, 3.05) is 10.6 Å². The van der Waals surface area contributed by atoms with E-state index < -0.39 is 11.8 Å². The summed E-state index contributed by atoms with van der Waals surface area (Å²) in [6.07, 6.45) is 1.56. The summed E-state index contributed by atoms with van der Waals surface area (Å²) in [6, 6.07) is 10.2. The molecule has 0 saturated carbocycles. The number of hydrogen-bond donors (Lipinski definition) is 3. The molecule has 3 aromatic rings. The minimum atomic E-state index is -0.764. The van der Waals surface area contributed by atoms with Gasteiger partial charge in [0.05, 0.1) is 17.4 Å². The summed E-state index contributed by atoms with van der Waals surface area (Å²) >= 11 is 5.99. The number of aromatic nitrogens is 2. The van der Waals surface area contributed by atoms with E-state index in [-0.39, 0.29) is 0 Å². The summed E-state index contributed by atoms with van der Waals surface area (Å²) in [5.41, 5.74) is 3.26. The predicted molar refractivity (Wildman–Crippen MR) is 89.5 cm³/mol. The number of nitrogens with one attached hydrogen (secondary N) is 3. The Morgan fingerprint density at radius 1 is 1.13 bits per heavy atom. The average molecular weight is 329 g/mol. The van der Waals surface area contributed by atoms with Crippen molar-refractivity contribution >= 4 is 45.8 Å². The molecule has 1 heterocycles. The highest BCUT2D eigenvalue weighted by molar-refractivity contribution is 6.44. The number of amides is 2. The van der Waals surface area contributed by atoms with E-state index in [0.29, 0.717) is 22.0 Å². The van der Waals surface area contributed by atoms with Crippen LogP contribution in [0.1, 0.15) is 5.56 Å². The van der Waals surface area contributed by atoms with Crippen molar-refractivity contribution in [3.63, 3.8) is 0 Å². The number of rotatable bonds is 2. The van der Waals surface area contributed by atoms with Crippen LogP contribution in [0.3, 0.4) is 0 Å². The van der Waals surface area contributed by atoms with Crippen LogP contribution in [0.5, 0.6) is 0 Å². The van der Waals surface area contributed by atoms with E-state index in [1.54, 1.807) is 49.6 Å². The third-order valence-electron chi connectivity index (χ3n) is 3.40. The lowest BCUT2D eigenvalue weighted by Crippen LogP contribution is -2.29. The molecule has 2 amide bonds. The summed E-state index contributed by atoms with van der Waals surface area (Å²) in [5, 5.41) is 5.62. The van der Waals surface area contributed by atoms with Crippen LogP contribution in [0, 0.1) is 6.92 Å². The topological polar surface area (TPSA) is 86.9 Å². The molecule has 7 heteroatoms. The molecule has 6 nitrogen and oxygen atoms in total. The monoisotopic (exact) mass is 328 g/mol. The molecule has 3 rings (SSSR count). The predicted octanol–water partition coefficient (Wildman–Crippen LogP) is 3.10. The smallest absolute Gasteiger partial charge is 0.314 e. The summed E-state index contributed by atoms with van der Waals surface area (Å²) < 4.78 is 0. The fraction of sp³-hybridized carbons (Fsp3) is 0.0625. The molecule has 0 saturated heterocycles. The van der Waals surface area contributed by atoms with E-state index in [4.69, 9.17) is 11.6 Å². The van der Waals surface area contributed by atoms with Crippen LogP contribution in [0.2, 0.25) is 5.02 Å². The molecule has 3 N–H and O–H groups in total. The minimum Gasteiger partial charge on any atom is -0.345 e. The Morgan fingerprint density at radius 2 is 1.91 bits per heavy atom. The van der Waals surface area contributed by atoms with Gasteiger partial charge in [0.2, 0.25) is 0 Å². The van der Waals surface area contributed by atoms with Gasteiger partial charge in [0, 0.05) is 16.4 Å². The molecule has 0 bridgehead atoms. The van der Waals surface area contributed by atoms with Crippen LogP contribution >= 0.6 is 11.6 Å².